The molecule has 11 heteroatoms. The number of nitrogens with one attached hydrogen (secondary N) is 1. The molecule has 1 N–H and O–H groups in total. The van der Waals surface area contributed by atoms with Crippen LogP contribution in [0.4, 0.5) is 10.1 Å². The summed E-state index contributed by atoms with van der Waals surface area (Å²) in [6.07, 6.45) is 1.83. The summed E-state index contributed by atoms with van der Waals surface area (Å²) in [4.78, 5) is 28.9. The van der Waals surface area contributed by atoms with Crippen LogP contribution < -0.4 is 9.62 Å². The van der Waals surface area contributed by atoms with Gasteiger partial charge in [0.2, 0.25) is 21.8 Å². The summed E-state index contributed by atoms with van der Waals surface area (Å²) in [5.74, 6) is -1.45. The Morgan fingerprint density at radius 2 is 1.60 bits per heavy atom. The third-order valence-corrected chi connectivity index (χ3v) is 8.29. The second-order valence-electron chi connectivity index (χ2n) is 9.54. The Morgan fingerprint density at radius 1 is 0.950 bits per heavy atom. The maximum absolute atomic E-state index is 14.0. The van der Waals surface area contributed by atoms with Crippen LogP contribution in [0.3, 0.4) is 0 Å². The van der Waals surface area contributed by atoms with Gasteiger partial charge in [-0.2, -0.15) is 0 Å². The SMILES string of the molecule is CC[C@@H](C)NC(=O)[C@H](Cc1ccccc1)N(Cc1ccc(F)cc1)C(=O)CN(c1ccc(Cl)c(Cl)c1)S(C)(=O)=O. The fraction of sp³-hybridized carbons (Fsp3) is 0.310. The van der Waals surface area contributed by atoms with E-state index in [4.69, 9.17) is 23.2 Å². The van der Waals surface area contributed by atoms with Crippen molar-refractivity contribution in [3.05, 3.63) is 99.8 Å². The number of rotatable bonds is 12. The first-order chi connectivity index (χ1) is 18.9. The first-order valence-corrected chi connectivity index (χ1v) is 15.3. The van der Waals surface area contributed by atoms with Crippen molar-refractivity contribution in [2.24, 2.45) is 0 Å². The predicted molar refractivity (Wildman–Crippen MR) is 157 cm³/mol. The molecular formula is C29H32Cl2FN3O4S. The van der Waals surface area contributed by atoms with Crippen molar-refractivity contribution in [1.29, 1.82) is 0 Å². The average Bonchev–Trinajstić information content (AvgIpc) is 2.91. The van der Waals surface area contributed by atoms with Gasteiger partial charge in [-0.25, -0.2) is 12.8 Å². The minimum absolute atomic E-state index is 0.0521. The molecule has 2 atom stereocenters. The minimum Gasteiger partial charge on any atom is -0.352 e. The molecule has 3 rings (SSSR count). The second-order valence-corrected chi connectivity index (χ2v) is 12.3. The number of sulfonamides is 1. The van der Waals surface area contributed by atoms with Crippen LogP contribution in [0.1, 0.15) is 31.4 Å². The number of carbonyl (C=O) groups excluding carboxylic acids is 2. The summed E-state index contributed by atoms with van der Waals surface area (Å²) in [6.45, 7) is 3.14. The van der Waals surface area contributed by atoms with Crippen molar-refractivity contribution in [2.45, 2.75) is 45.3 Å². The lowest BCUT2D eigenvalue weighted by Crippen LogP contribution is -2.54. The van der Waals surface area contributed by atoms with Gasteiger partial charge in [0.15, 0.2) is 0 Å². The van der Waals surface area contributed by atoms with E-state index in [2.05, 4.69) is 5.32 Å². The molecule has 0 saturated carbocycles. The van der Waals surface area contributed by atoms with E-state index in [1.165, 1.54) is 47.4 Å². The van der Waals surface area contributed by atoms with Crippen molar-refractivity contribution in [2.75, 3.05) is 17.1 Å². The molecule has 0 aliphatic heterocycles. The van der Waals surface area contributed by atoms with Gasteiger partial charge in [-0.05, 0) is 54.8 Å². The molecule has 2 amide bonds. The zero-order chi connectivity index (χ0) is 29.4. The molecule has 7 nitrogen and oxygen atoms in total. The maximum Gasteiger partial charge on any atom is 0.244 e. The van der Waals surface area contributed by atoms with E-state index in [-0.39, 0.29) is 40.6 Å². The Kier molecular flexibility index (Phi) is 11.0. The van der Waals surface area contributed by atoms with Gasteiger partial charge in [0.05, 0.1) is 22.0 Å². The maximum atomic E-state index is 14.0. The Morgan fingerprint density at radius 3 is 2.17 bits per heavy atom. The molecule has 40 heavy (non-hydrogen) atoms. The molecule has 214 valence electrons. The van der Waals surface area contributed by atoms with Gasteiger partial charge in [-0.3, -0.25) is 13.9 Å². The van der Waals surface area contributed by atoms with Gasteiger partial charge >= 0.3 is 0 Å². The van der Waals surface area contributed by atoms with E-state index in [0.29, 0.717) is 12.0 Å². The first-order valence-electron chi connectivity index (χ1n) is 12.7. The largest absolute Gasteiger partial charge is 0.352 e. The second kappa shape index (κ2) is 14.0. The summed E-state index contributed by atoms with van der Waals surface area (Å²) >= 11 is 12.2. The predicted octanol–water partition coefficient (Wildman–Crippen LogP) is 5.45. The standard InChI is InChI=1S/C29H32Cl2FN3O4S/c1-4-20(2)33-29(37)27(16-21-8-6-5-7-9-21)34(18-22-10-12-23(32)13-11-22)28(36)19-35(40(3,38)39)24-14-15-25(30)26(31)17-24/h5-15,17,20,27H,4,16,18-19H2,1-3H3,(H,33,37)/t20-,27+/m1/s1. The summed E-state index contributed by atoms with van der Waals surface area (Å²) in [7, 11) is -3.95. The van der Waals surface area contributed by atoms with Crippen LogP contribution in [-0.4, -0.2) is 50.0 Å². The van der Waals surface area contributed by atoms with Crippen molar-refractivity contribution < 1.29 is 22.4 Å². The molecule has 3 aromatic rings. The Hall–Kier alpha value is -3.14. The van der Waals surface area contributed by atoms with Gasteiger partial charge < -0.3 is 10.2 Å². The lowest BCUT2D eigenvalue weighted by molar-refractivity contribution is -0.140. The fourth-order valence-corrected chi connectivity index (χ4v) is 5.17. The van der Waals surface area contributed by atoms with E-state index in [1.807, 2.05) is 44.2 Å². The third-order valence-electron chi connectivity index (χ3n) is 6.41. The molecule has 0 saturated heterocycles. The fourth-order valence-electron chi connectivity index (χ4n) is 4.04. The molecule has 0 bridgehead atoms. The normalized spacial score (nSPS) is 12.8. The lowest BCUT2D eigenvalue weighted by atomic mass is 10.0. The number of nitrogens with zero attached hydrogens (tertiary/aromatic N) is 2. The van der Waals surface area contributed by atoms with Crippen molar-refractivity contribution >= 4 is 50.7 Å². The highest BCUT2D eigenvalue weighted by Gasteiger charge is 2.33. The first kappa shape index (κ1) is 31.4. The smallest absolute Gasteiger partial charge is 0.244 e. The van der Waals surface area contributed by atoms with Crippen LogP contribution in [0.2, 0.25) is 10.0 Å². The van der Waals surface area contributed by atoms with Crippen LogP contribution in [0.5, 0.6) is 0 Å². The van der Waals surface area contributed by atoms with Crippen molar-refractivity contribution in [1.82, 2.24) is 10.2 Å². The number of carbonyl (C=O) groups is 2. The van der Waals surface area contributed by atoms with Crippen molar-refractivity contribution in [3.63, 3.8) is 0 Å². The highest BCUT2D eigenvalue weighted by Crippen LogP contribution is 2.29. The zero-order valence-electron chi connectivity index (χ0n) is 22.5. The Bertz CT molecular complexity index is 1420. The third kappa shape index (κ3) is 8.68. The summed E-state index contributed by atoms with van der Waals surface area (Å²) in [5, 5.41) is 3.31. The van der Waals surface area contributed by atoms with Crippen LogP contribution in [0, 0.1) is 5.82 Å². The lowest BCUT2D eigenvalue weighted by Gasteiger charge is -2.34. The van der Waals surface area contributed by atoms with Crippen LogP contribution in [0.25, 0.3) is 0 Å². The van der Waals surface area contributed by atoms with E-state index in [0.717, 1.165) is 16.1 Å². The molecule has 0 fully saturated rings. The number of hydrogen-bond donors (Lipinski definition) is 1. The molecule has 3 aromatic carbocycles. The molecule has 0 aromatic heterocycles. The highest BCUT2D eigenvalue weighted by atomic mass is 35.5. The molecule has 0 aliphatic carbocycles. The quantitative estimate of drug-likeness (QED) is 0.296. The Labute approximate surface area is 244 Å². The molecule has 0 unspecified atom stereocenters. The number of hydrogen-bond acceptors (Lipinski definition) is 4. The van der Waals surface area contributed by atoms with Gasteiger partial charge in [-0.15, -0.1) is 0 Å². The van der Waals surface area contributed by atoms with Gasteiger partial charge in [0.25, 0.3) is 0 Å². The van der Waals surface area contributed by atoms with Crippen LogP contribution >= 0.6 is 23.2 Å². The summed E-state index contributed by atoms with van der Waals surface area (Å²) < 4.78 is 40.2. The number of benzene rings is 3. The van der Waals surface area contributed by atoms with Crippen molar-refractivity contribution in [3.8, 4) is 0 Å². The number of anilines is 1. The zero-order valence-corrected chi connectivity index (χ0v) is 24.8. The van der Waals surface area contributed by atoms with Gasteiger partial charge in [0, 0.05) is 19.0 Å². The molecule has 0 radical (unpaired) electrons. The van der Waals surface area contributed by atoms with Gasteiger partial charge in [-0.1, -0.05) is 72.6 Å². The molecule has 0 heterocycles. The van der Waals surface area contributed by atoms with E-state index in [9.17, 15) is 22.4 Å². The number of amides is 2. The van der Waals surface area contributed by atoms with E-state index < -0.39 is 34.3 Å². The molecule has 0 aliphatic rings. The average molecular weight is 609 g/mol. The highest BCUT2D eigenvalue weighted by molar-refractivity contribution is 7.92. The Balaban J connectivity index is 2.06. The molecular weight excluding hydrogens is 576 g/mol. The van der Waals surface area contributed by atoms with Crippen LogP contribution in [-0.2, 0) is 32.6 Å². The van der Waals surface area contributed by atoms with Crippen LogP contribution in [0.15, 0.2) is 72.8 Å². The minimum atomic E-state index is -3.95. The topological polar surface area (TPSA) is 86.8 Å². The van der Waals surface area contributed by atoms with E-state index in [1.54, 1.807) is 0 Å². The van der Waals surface area contributed by atoms with Gasteiger partial charge in [0.1, 0.15) is 18.4 Å². The molecule has 0 spiro atoms. The van der Waals surface area contributed by atoms with E-state index >= 15 is 0 Å². The monoisotopic (exact) mass is 607 g/mol. The summed E-state index contributed by atoms with van der Waals surface area (Å²) in [5.41, 5.74) is 1.54. The summed E-state index contributed by atoms with van der Waals surface area (Å²) in [6, 6.07) is 17.9. The number of halogens is 3.